The molecular formula is C14H30N4. The smallest absolute Gasteiger partial charge is 0.0195 e. The van der Waals surface area contributed by atoms with E-state index in [-0.39, 0.29) is 0 Å². The highest BCUT2D eigenvalue weighted by molar-refractivity contribution is 4.79. The largest absolute Gasteiger partial charge is 0.304 e. The first kappa shape index (κ1) is 14.3. The molecule has 0 radical (unpaired) electrons. The van der Waals surface area contributed by atoms with E-state index in [9.17, 15) is 0 Å². The zero-order valence-electron chi connectivity index (χ0n) is 12.4. The van der Waals surface area contributed by atoms with Gasteiger partial charge in [-0.25, -0.2) is 0 Å². The predicted molar refractivity (Wildman–Crippen MR) is 77.1 cm³/mol. The number of piperazine rings is 2. The van der Waals surface area contributed by atoms with Crippen LogP contribution in [0, 0.1) is 0 Å². The Morgan fingerprint density at radius 1 is 0.833 bits per heavy atom. The first-order chi connectivity index (χ1) is 8.69. The second kappa shape index (κ2) is 6.85. The van der Waals surface area contributed by atoms with Gasteiger partial charge in [0.1, 0.15) is 0 Å². The third kappa shape index (κ3) is 3.92. The average molecular weight is 254 g/mol. The summed E-state index contributed by atoms with van der Waals surface area (Å²) in [4.78, 5) is 10.3. The molecule has 0 aliphatic carbocycles. The molecule has 2 heterocycles. The van der Waals surface area contributed by atoms with Crippen molar-refractivity contribution in [1.29, 1.82) is 0 Å². The minimum Gasteiger partial charge on any atom is -0.304 e. The van der Waals surface area contributed by atoms with Gasteiger partial charge in [-0.2, -0.15) is 0 Å². The van der Waals surface area contributed by atoms with Crippen LogP contribution in [0.25, 0.3) is 0 Å². The van der Waals surface area contributed by atoms with Crippen LogP contribution in [0.4, 0.5) is 0 Å². The molecule has 0 N–H and O–H groups in total. The minimum absolute atomic E-state index is 0.715. The summed E-state index contributed by atoms with van der Waals surface area (Å²) < 4.78 is 0. The number of rotatable bonds is 4. The Morgan fingerprint density at radius 2 is 1.39 bits per heavy atom. The van der Waals surface area contributed by atoms with Crippen LogP contribution in [0.5, 0.6) is 0 Å². The van der Waals surface area contributed by atoms with Crippen molar-refractivity contribution in [2.45, 2.75) is 19.9 Å². The van der Waals surface area contributed by atoms with Crippen molar-refractivity contribution < 1.29 is 0 Å². The molecule has 0 aromatic heterocycles. The van der Waals surface area contributed by atoms with Crippen molar-refractivity contribution in [1.82, 2.24) is 19.6 Å². The number of hydrogen-bond acceptors (Lipinski definition) is 4. The van der Waals surface area contributed by atoms with E-state index >= 15 is 0 Å². The van der Waals surface area contributed by atoms with Gasteiger partial charge in [-0.1, -0.05) is 6.92 Å². The van der Waals surface area contributed by atoms with Crippen LogP contribution < -0.4 is 0 Å². The van der Waals surface area contributed by atoms with Crippen LogP contribution in [0.3, 0.4) is 0 Å². The normalized spacial score (nSPS) is 27.5. The molecule has 0 spiro atoms. The van der Waals surface area contributed by atoms with E-state index in [1.807, 2.05) is 0 Å². The lowest BCUT2D eigenvalue weighted by Crippen LogP contribution is -2.54. The van der Waals surface area contributed by atoms with Gasteiger partial charge in [0.2, 0.25) is 0 Å². The van der Waals surface area contributed by atoms with E-state index in [1.54, 1.807) is 0 Å². The summed E-state index contributed by atoms with van der Waals surface area (Å²) in [6, 6.07) is 0.715. The van der Waals surface area contributed by atoms with E-state index in [4.69, 9.17) is 0 Å². The molecule has 0 saturated carbocycles. The molecule has 0 aromatic carbocycles. The zero-order chi connectivity index (χ0) is 13.0. The molecule has 4 nitrogen and oxygen atoms in total. The van der Waals surface area contributed by atoms with Crippen molar-refractivity contribution in [3.8, 4) is 0 Å². The third-order valence-electron chi connectivity index (χ3n) is 4.60. The summed E-state index contributed by atoms with van der Waals surface area (Å²) in [6.07, 6.45) is 0. The van der Waals surface area contributed by atoms with Crippen LogP contribution >= 0.6 is 0 Å². The molecule has 18 heavy (non-hydrogen) atoms. The second-order valence-corrected chi connectivity index (χ2v) is 5.92. The summed E-state index contributed by atoms with van der Waals surface area (Å²) in [5.41, 5.74) is 0. The maximum Gasteiger partial charge on any atom is 0.0195 e. The minimum atomic E-state index is 0.715. The zero-order valence-corrected chi connectivity index (χ0v) is 12.4. The van der Waals surface area contributed by atoms with Gasteiger partial charge in [-0.15, -0.1) is 0 Å². The summed E-state index contributed by atoms with van der Waals surface area (Å²) in [5, 5.41) is 0. The third-order valence-corrected chi connectivity index (χ3v) is 4.60. The highest BCUT2D eigenvalue weighted by Gasteiger charge is 2.22. The van der Waals surface area contributed by atoms with Gasteiger partial charge in [-0.05, 0) is 20.5 Å². The maximum absolute atomic E-state index is 2.66. The average Bonchev–Trinajstić information content (AvgIpc) is 2.40. The van der Waals surface area contributed by atoms with Gasteiger partial charge >= 0.3 is 0 Å². The Labute approximate surface area is 113 Å². The van der Waals surface area contributed by atoms with Crippen molar-refractivity contribution in [3.63, 3.8) is 0 Å². The molecule has 0 bridgehead atoms. The van der Waals surface area contributed by atoms with E-state index in [0.29, 0.717) is 6.04 Å². The number of hydrogen-bond donors (Lipinski definition) is 0. The van der Waals surface area contributed by atoms with Gasteiger partial charge in [0.15, 0.2) is 0 Å². The molecule has 2 rings (SSSR count). The summed E-state index contributed by atoms with van der Waals surface area (Å²) >= 11 is 0. The second-order valence-electron chi connectivity index (χ2n) is 5.92. The summed E-state index contributed by atoms with van der Waals surface area (Å²) in [5.74, 6) is 0. The predicted octanol–water partition coefficient (Wildman–Crippen LogP) is 0.260. The molecule has 1 unspecified atom stereocenters. The van der Waals surface area contributed by atoms with Crippen molar-refractivity contribution in [3.05, 3.63) is 0 Å². The van der Waals surface area contributed by atoms with Crippen molar-refractivity contribution in [2.75, 3.05) is 72.5 Å². The summed E-state index contributed by atoms with van der Waals surface area (Å²) in [6.45, 7) is 17.1. The van der Waals surface area contributed by atoms with E-state index < -0.39 is 0 Å². The molecule has 2 aliphatic heterocycles. The number of nitrogens with zero attached hydrogens (tertiary/aromatic N) is 4. The highest BCUT2D eigenvalue weighted by Crippen LogP contribution is 2.08. The Bertz CT molecular complexity index is 230. The van der Waals surface area contributed by atoms with Crippen LogP contribution in [0.2, 0.25) is 0 Å². The Morgan fingerprint density at radius 3 is 1.94 bits per heavy atom. The standard InChI is InChI=1S/C14H30N4/c1-4-16-7-9-17(10-8-16)13-14(2)18-11-5-15(3)6-12-18/h14H,4-13H2,1-3H3. The maximum atomic E-state index is 2.66. The van der Waals surface area contributed by atoms with Gasteiger partial charge in [0, 0.05) is 64.9 Å². The lowest BCUT2D eigenvalue weighted by atomic mass is 10.2. The van der Waals surface area contributed by atoms with Crippen molar-refractivity contribution >= 4 is 0 Å². The fourth-order valence-corrected chi connectivity index (χ4v) is 3.04. The van der Waals surface area contributed by atoms with Crippen molar-refractivity contribution in [2.24, 2.45) is 0 Å². The van der Waals surface area contributed by atoms with E-state index in [1.165, 1.54) is 65.4 Å². The molecule has 1 atom stereocenters. The van der Waals surface area contributed by atoms with Crippen LogP contribution in [0.15, 0.2) is 0 Å². The fraction of sp³-hybridized carbons (Fsp3) is 1.00. The number of likely N-dealkylation sites (N-methyl/N-ethyl adjacent to an activating group) is 2. The molecule has 2 aliphatic rings. The van der Waals surface area contributed by atoms with E-state index in [2.05, 4.69) is 40.5 Å². The van der Waals surface area contributed by atoms with Crippen LogP contribution in [-0.2, 0) is 0 Å². The van der Waals surface area contributed by atoms with Crippen LogP contribution in [0.1, 0.15) is 13.8 Å². The molecule has 106 valence electrons. The topological polar surface area (TPSA) is 13.0 Å². The summed E-state index contributed by atoms with van der Waals surface area (Å²) in [7, 11) is 2.23. The Kier molecular flexibility index (Phi) is 5.42. The monoisotopic (exact) mass is 254 g/mol. The fourth-order valence-electron chi connectivity index (χ4n) is 3.04. The molecule has 0 amide bonds. The van der Waals surface area contributed by atoms with Gasteiger partial charge in [0.25, 0.3) is 0 Å². The SMILES string of the molecule is CCN1CCN(CC(C)N2CCN(C)CC2)CC1. The lowest BCUT2D eigenvalue weighted by Gasteiger charge is -2.40. The van der Waals surface area contributed by atoms with Gasteiger partial charge in [0.05, 0.1) is 0 Å². The van der Waals surface area contributed by atoms with Crippen LogP contribution in [-0.4, -0.2) is 98.1 Å². The molecule has 0 aromatic rings. The van der Waals surface area contributed by atoms with E-state index in [0.717, 1.165) is 0 Å². The Hall–Kier alpha value is -0.160. The molecule has 4 heteroatoms. The highest BCUT2D eigenvalue weighted by atomic mass is 15.3. The van der Waals surface area contributed by atoms with Gasteiger partial charge < -0.3 is 9.80 Å². The first-order valence-corrected chi connectivity index (χ1v) is 7.56. The molecule has 2 fully saturated rings. The quantitative estimate of drug-likeness (QED) is 0.713. The molecule has 2 saturated heterocycles. The lowest BCUT2D eigenvalue weighted by molar-refractivity contribution is 0.0721. The first-order valence-electron chi connectivity index (χ1n) is 7.56. The molecular weight excluding hydrogens is 224 g/mol. The van der Waals surface area contributed by atoms with Gasteiger partial charge in [-0.3, -0.25) is 9.80 Å². The Balaban J connectivity index is 1.69.